The molecule has 0 saturated carbocycles. The first-order valence-electron chi connectivity index (χ1n) is 7.54. The lowest BCUT2D eigenvalue weighted by Gasteiger charge is -2.10. The third-order valence-electron chi connectivity index (χ3n) is 3.89. The first-order valence-corrected chi connectivity index (χ1v) is 7.54. The number of aryl methyl sites for hydroxylation is 2. The molecule has 5 nitrogen and oxygen atoms in total. The molecule has 2 aromatic carbocycles. The predicted octanol–water partition coefficient (Wildman–Crippen LogP) is 4.52. The maximum atomic E-state index is 11.0. The highest BCUT2D eigenvalue weighted by atomic mass is 16.5. The van der Waals surface area contributed by atoms with Crippen molar-refractivity contribution in [3.8, 4) is 11.6 Å². The Bertz CT molecular complexity index is 839. The highest BCUT2D eigenvalue weighted by molar-refractivity contribution is 5.94. The molecule has 0 amide bonds. The standard InChI is InChI=1S/C18H18N2O3/c1-13-7-2-5-10-16(13)23-12-6-11-20-15-9-4-3-8-14(15)17(19-22)18(20)21/h2-5,7-10,21H,6,11-12H2,1H3. The highest BCUT2D eigenvalue weighted by Gasteiger charge is 2.16. The molecule has 0 radical (unpaired) electrons. The fraction of sp³-hybridized carbons (Fsp3) is 0.222. The van der Waals surface area contributed by atoms with Crippen LogP contribution in [0, 0.1) is 11.8 Å². The zero-order valence-corrected chi connectivity index (χ0v) is 12.9. The van der Waals surface area contributed by atoms with Gasteiger partial charge in [-0.1, -0.05) is 36.4 Å². The number of benzene rings is 2. The van der Waals surface area contributed by atoms with Crippen molar-refractivity contribution in [2.45, 2.75) is 19.9 Å². The van der Waals surface area contributed by atoms with Gasteiger partial charge in [-0.05, 0) is 36.2 Å². The zero-order valence-electron chi connectivity index (χ0n) is 12.9. The molecular weight excluding hydrogens is 292 g/mol. The largest absolute Gasteiger partial charge is 0.493 e. The smallest absolute Gasteiger partial charge is 0.222 e. The van der Waals surface area contributed by atoms with E-state index in [4.69, 9.17) is 4.74 Å². The molecule has 0 spiro atoms. The Morgan fingerprint density at radius 2 is 1.87 bits per heavy atom. The van der Waals surface area contributed by atoms with Gasteiger partial charge in [-0.2, -0.15) is 0 Å². The van der Waals surface area contributed by atoms with E-state index in [9.17, 15) is 10.0 Å². The Kier molecular flexibility index (Phi) is 4.28. The Hall–Kier alpha value is -2.82. The number of hydrogen-bond donors (Lipinski definition) is 1. The molecule has 118 valence electrons. The van der Waals surface area contributed by atoms with Crippen LogP contribution in [0.2, 0.25) is 0 Å². The molecule has 23 heavy (non-hydrogen) atoms. The molecule has 1 N–H and O–H groups in total. The van der Waals surface area contributed by atoms with Gasteiger partial charge in [-0.3, -0.25) is 0 Å². The van der Waals surface area contributed by atoms with Gasteiger partial charge < -0.3 is 14.4 Å². The average Bonchev–Trinajstić information content (AvgIpc) is 2.84. The number of nitroso groups, excluding NO2 is 1. The minimum Gasteiger partial charge on any atom is -0.493 e. The highest BCUT2D eigenvalue weighted by Crippen LogP contribution is 2.38. The van der Waals surface area contributed by atoms with Crippen LogP contribution in [0.1, 0.15) is 12.0 Å². The van der Waals surface area contributed by atoms with Crippen molar-refractivity contribution in [3.63, 3.8) is 0 Å². The van der Waals surface area contributed by atoms with Crippen molar-refractivity contribution >= 4 is 16.6 Å². The molecule has 0 aliphatic rings. The zero-order chi connectivity index (χ0) is 16.2. The summed E-state index contributed by atoms with van der Waals surface area (Å²) < 4.78 is 7.47. The monoisotopic (exact) mass is 310 g/mol. The third-order valence-corrected chi connectivity index (χ3v) is 3.89. The number of ether oxygens (including phenoxy) is 1. The molecule has 1 heterocycles. The molecule has 5 heteroatoms. The number of aromatic nitrogens is 1. The molecule has 0 saturated heterocycles. The van der Waals surface area contributed by atoms with E-state index in [-0.39, 0.29) is 11.6 Å². The lowest BCUT2D eigenvalue weighted by molar-refractivity contribution is 0.296. The molecule has 0 atom stereocenters. The fourth-order valence-corrected chi connectivity index (χ4v) is 2.71. The van der Waals surface area contributed by atoms with E-state index in [1.165, 1.54) is 0 Å². The summed E-state index contributed by atoms with van der Waals surface area (Å²) in [6.07, 6.45) is 0.707. The first kappa shape index (κ1) is 15.1. The van der Waals surface area contributed by atoms with Crippen LogP contribution in [0.4, 0.5) is 5.69 Å². The lowest BCUT2D eigenvalue weighted by Crippen LogP contribution is -2.04. The maximum Gasteiger partial charge on any atom is 0.222 e. The molecule has 0 aliphatic heterocycles. The van der Waals surface area contributed by atoms with Crippen LogP contribution in [-0.4, -0.2) is 16.3 Å². The van der Waals surface area contributed by atoms with Crippen molar-refractivity contribution in [3.05, 3.63) is 59.0 Å². The normalized spacial score (nSPS) is 10.8. The van der Waals surface area contributed by atoms with Crippen LogP contribution in [0.15, 0.2) is 53.7 Å². The number of para-hydroxylation sites is 2. The van der Waals surface area contributed by atoms with Gasteiger partial charge in [0.1, 0.15) is 5.75 Å². The molecule has 1 aromatic heterocycles. The van der Waals surface area contributed by atoms with Gasteiger partial charge in [0.05, 0.1) is 12.1 Å². The maximum absolute atomic E-state index is 11.0. The summed E-state index contributed by atoms with van der Waals surface area (Å²) in [5, 5.41) is 13.8. The Balaban J connectivity index is 1.72. The Morgan fingerprint density at radius 1 is 1.13 bits per heavy atom. The van der Waals surface area contributed by atoms with Gasteiger partial charge in [-0.15, -0.1) is 4.91 Å². The number of fused-ring (bicyclic) bond motifs is 1. The Labute approximate surface area is 134 Å². The van der Waals surface area contributed by atoms with Gasteiger partial charge in [0.15, 0.2) is 5.69 Å². The molecule has 3 aromatic rings. The van der Waals surface area contributed by atoms with Gasteiger partial charge >= 0.3 is 0 Å². The van der Waals surface area contributed by atoms with Crippen LogP contribution in [-0.2, 0) is 6.54 Å². The van der Waals surface area contributed by atoms with Crippen molar-refractivity contribution in [1.29, 1.82) is 0 Å². The molecule has 3 rings (SSSR count). The quantitative estimate of drug-likeness (QED) is 0.537. The van der Waals surface area contributed by atoms with Crippen molar-refractivity contribution in [2.75, 3.05) is 6.61 Å². The van der Waals surface area contributed by atoms with Crippen LogP contribution < -0.4 is 4.74 Å². The number of rotatable bonds is 6. The first-order chi connectivity index (χ1) is 11.2. The molecule has 0 aliphatic carbocycles. The average molecular weight is 310 g/mol. The molecule has 0 bridgehead atoms. The van der Waals surface area contributed by atoms with Crippen LogP contribution in [0.3, 0.4) is 0 Å². The van der Waals surface area contributed by atoms with E-state index < -0.39 is 0 Å². The van der Waals surface area contributed by atoms with Gasteiger partial charge in [0, 0.05) is 11.9 Å². The second kappa shape index (κ2) is 6.52. The van der Waals surface area contributed by atoms with Crippen molar-refractivity contribution in [1.82, 2.24) is 4.57 Å². The molecule has 0 unspecified atom stereocenters. The minimum absolute atomic E-state index is 0.0860. The van der Waals surface area contributed by atoms with E-state index in [1.807, 2.05) is 49.4 Å². The van der Waals surface area contributed by atoms with Crippen molar-refractivity contribution in [2.24, 2.45) is 5.18 Å². The number of nitrogens with zero attached hydrogens (tertiary/aromatic N) is 2. The molecular formula is C18H18N2O3. The summed E-state index contributed by atoms with van der Waals surface area (Å²) in [6, 6.07) is 15.2. The van der Waals surface area contributed by atoms with E-state index in [1.54, 1.807) is 10.6 Å². The van der Waals surface area contributed by atoms with Crippen LogP contribution in [0.25, 0.3) is 10.9 Å². The van der Waals surface area contributed by atoms with Crippen molar-refractivity contribution < 1.29 is 9.84 Å². The lowest BCUT2D eigenvalue weighted by atomic mass is 10.2. The van der Waals surface area contributed by atoms with E-state index in [0.29, 0.717) is 25.0 Å². The third kappa shape index (κ3) is 2.90. The fourth-order valence-electron chi connectivity index (χ4n) is 2.71. The van der Waals surface area contributed by atoms with E-state index >= 15 is 0 Å². The van der Waals surface area contributed by atoms with E-state index in [0.717, 1.165) is 16.8 Å². The number of hydrogen-bond acceptors (Lipinski definition) is 4. The van der Waals surface area contributed by atoms with Crippen LogP contribution in [0.5, 0.6) is 11.6 Å². The predicted molar refractivity (Wildman–Crippen MR) is 90.3 cm³/mol. The second-order valence-corrected chi connectivity index (χ2v) is 5.40. The summed E-state index contributed by atoms with van der Waals surface area (Å²) in [5.74, 6) is 0.779. The molecule has 0 fully saturated rings. The Morgan fingerprint density at radius 3 is 2.65 bits per heavy atom. The van der Waals surface area contributed by atoms with Crippen LogP contribution >= 0.6 is 0 Å². The summed E-state index contributed by atoms with van der Waals surface area (Å²) in [7, 11) is 0. The van der Waals surface area contributed by atoms with Gasteiger partial charge in [0.2, 0.25) is 5.88 Å². The second-order valence-electron chi connectivity index (χ2n) is 5.40. The SMILES string of the molecule is Cc1ccccc1OCCCn1c(O)c(N=O)c2ccccc21. The number of aromatic hydroxyl groups is 1. The van der Waals surface area contributed by atoms with Gasteiger partial charge in [-0.25, -0.2) is 0 Å². The summed E-state index contributed by atoms with van der Waals surface area (Å²) in [4.78, 5) is 11.0. The van der Waals surface area contributed by atoms with Gasteiger partial charge in [0.25, 0.3) is 0 Å². The van der Waals surface area contributed by atoms with E-state index in [2.05, 4.69) is 5.18 Å². The topological polar surface area (TPSA) is 63.8 Å². The minimum atomic E-state index is -0.0860. The summed E-state index contributed by atoms with van der Waals surface area (Å²) >= 11 is 0. The summed E-state index contributed by atoms with van der Waals surface area (Å²) in [6.45, 7) is 3.08. The summed E-state index contributed by atoms with van der Waals surface area (Å²) in [5.41, 5.74) is 1.99.